The van der Waals surface area contributed by atoms with Gasteiger partial charge in [0.1, 0.15) is 5.69 Å². The highest BCUT2D eigenvalue weighted by molar-refractivity contribution is 7.13. The van der Waals surface area contributed by atoms with E-state index in [1.807, 2.05) is 0 Å². The summed E-state index contributed by atoms with van der Waals surface area (Å²) in [7, 11) is 0. The number of hydrogen-bond acceptors (Lipinski definition) is 4. The first-order valence-electron chi connectivity index (χ1n) is 4.88. The van der Waals surface area contributed by atoms with E-state index in [1.54, 1.807) is 5.38 Å². The van der Waals surface area contributed by atoms with Crippen molar-refractivity contribution in [1.29, 1.82) is 0 Å². The predicted octanol–water partition coefficient (Wildman–Crippen LogP) is 1.89. The highest BCUT2D eigenvalue weighted by Crippen LogP contribution is 2.17. The van der Waals surface area contributed by atoms with E-state index in [1.165, 1.54) is 11.3 Å². The van der Waals surface area contributed by atoms with E-state index in [0.29, 0.717) is 17.4 Å². The van der Waals surface area contributed by atoms with Crippen LogP contribution in [0, 0.1) is 5.41 Å². The first kappa shape index (κ1) is 12.0. The Morgan fingerprint density at radius 2 is 2.27 bits per heavy atom. The van der Waals surface area contributed by atoms with Crippen LogP contribution in [0.2, 0.25) is 0 Å². The van der Waals surface area contributed by atoms with Crippen molar-refractivity contribution in [3.05, 3.63) is 11.1 Å². The minimum absolute atomic E-state index is 0.146. The standard InChI is InChI=1S/C10H17N3OS/c1-10(2,3)4-5-12-8(14)7-6-15-9(11)13-7/h6H,4-5H2,1-3H3,(H2,11,13)(H,12,14). The van der Waals surface area contributed by atoms with Gasteiger partial charge in [-0.2, -0.15) is 0 Å². The minimum Gasteiger partial charge on any atom is -0.375 e. The largest absolute Gasteiger partial charge is 0.375 e. The first-order valence-corrected chi connectivity index (χ1v) is 5.76. The highest BCUT2D eigenvalue weighted by atomic mass is 32.1. The molecule has 0 saturated carbocycles. The molecule has 5 heteroatoms. The fourth-order valence-electron chi connectivity index (χ4n) is 1.03. The molecule has 1 rings (SSSR count). The van der Waals surface area contributed by atoms with Crippen molar-refractivity contribution in [3.63, 3.8) is 0 Å². The van der Waals surface area contributed by atoms with Crippen LogP contribution in [0.5, 0.6) is 0 Å². The van der Waals surface area contributed by atoms with Crippen molar-refractivity contribution in [3.8, 4) is 0 Å². The van der Waals surface area contributed by atoms with E-state index < -0.39 is 0 Å². The van der Waals surface area contributed by atoms with Gasteiger partial charge in [-0.05, 0) is 11.8 Å². The van der Waals surface area contributed by atoms with Gasteiger partial charge in [0.25, 0.3) is 5.91 Å². The zero-order chi connectivity index (χ0) is 11.5. The maximum Gasteiger partial charge on any atom is 0.270 e. The number of carbonyl (C=O) groups is 1. The molecule has 4 nitrogen and oxygen atoms in total. The molecule has 3 N–H and O–H groups in total. The Labute approximate surface area is 93.9 Å². The van der Waals surface area contributed by atoms with Crippen LogP contribution in [0.15, 0.2) is 5.38 Å². The van der Waals surface area contributed by atoms with E-state index in [-0.39, 0.29) is 11.3 Å². The number of aromatic nitrogens is 1. The van der Waals surface area contributed by atoms with E-state index in [0.717, 1.165) is 6.42 Å². The van der Waals surface area contributed by atoms with E-state index in [9.17, 15) is 4.79 Å². The van der Waals surface area contributed by atoms with Crippen LogP contribution >= 0.6 is 11.3 Å². The van der Waals surface area contributed by atoms with Crippen LogP contribution < -0.4 is 11.1 Å². The van der Waals surface area contributed by atoms with Crippen molar-refractivity contribution in [2.24, 2.45) is 5.41 Å². The minimum atomic E-state index is -0.146. The molecule has 0 spiro atoms. The number of nitrogens with two attached hydrogens (primary N) is 1. The van der Waals surface area contributed by atoms with E-state index >= 15 is 0 Å². The molecule has 0 aliphatic rings. The second-order valence-corrected chi connectivity index (χ2v) is 5.53. The molecule has 0 fully saturated rings. The average molecular weight is 227 g/mol. The quantitative estimate of drug-likeness (QED) is 0.828. The molecular weight excluding hydrogens is 210 g/mol. The molecule has 0 aliphatic heterocycles. The molecule has 1 aromatic heterocycles. The fraction of sp³-hybridized carbons (Fsp3) is 0.600. The SMILES string of the molecule is CC(C)(C)CCNC(=O)c1csc(N)n1. The van der Waals surface area contributed by atoms with Gasteiger partial charge in [-0.3, -0.25) is 4.79 Å². The second-order valence-electron chi connectivity index (χ2n) is 4.64. The third-order valence-corrected chi connectivity index (χ3v) is 2.59. The van der Waals surface area contributed by atoms with E-state index in [4.69, 9.17) is 5.73 Å². The summed E-state index contributed by atoms with van der Waals surface area (Å²) in [4.78, 5) is 15.4. The summed E-state index contributed by atoms with van der Waals surface area (Å²) >= 11 is 1.28. The van der Waals surface area contributed by atoms with Gasteiger partial charge >= 0.3 is 0 Å². The smallest absolute Gasteiger partial charge is 0.270 e. The van der Waals surface area contributed by atoms with Gasteiger partial charge in [0.05, 0.1) is 0 Å². The molecular formula is C10H17N3OS. The van der Waals surface area contributed by atoms with Gasteiger partial charge in [-0.1, -0.05) is 20.8 Å². The van der Waals surface area contributed by atoms with Gasteiger partial charge in [-0.15, -0.1) is 11.3 Å². The molecule has 0 aromatic carbocycles. The van der Waals surface area contributed by atoms with Crippen LogP contribution in [0.4, 0.5) is 5.13 Å². The number of rotatable bonds is 3. The fourth-order valence-corrected chi connectivity index (χ4v) is 1.58. The van der Waals surface area contributed by atoms with Crippen molar-refractivity contribution in [2.45, 2.75) is 27.2 Å². The first-order chi connectivity index (χ1) is 6.88. The van der Waals surface area contributed by atoms with Gasteiger partial charge in [0.2, 0.25) is 0 Å². The predicted molar refractivity (Wildman–Crippen MR) is 62.9 cm³/mol. The number of nitrogens with zero attached hydrogens (tertiary/aromatic N) is 1. The summed E-state index contributed by atoms with van der Waals surface area (Å²) in [5, 5.41) is 4.91. The van der Waals surface area contributed by atoms with Crippen LogP contribution in [0.25, 0.3) is 0 Å². The molecule has 0 unspecified atom stereocenters. The molecule has 15 heavy (non-hydrogen) atoms. The topological polar surface area (TPSA) is 68.0 Å². The molecule has 0 radical (unpaired) electrons. The Hall–Kier alpha value is -1.10. The number of amides is 1. The third-order valence-electron chi connectivity index (χ3n) is 1.92. The summed E-state index contributed by atoms with van der Waals surface area (Å²) in [6.45, 7) is 7.08. The van der Waals surface area contributed by atoms with Crippen LogP contribution in [-0.2, 0) is 0 Å². The summed E-state index contributed by atoms with van der Waals surface area (Å²) in [6, 6.07) is 0. The Morgan fingerprint density at radius 1 is 1.60 bits per heavy atom. The lowest BCUT2D eigenvalue weighted by Gasteiger charge is -2.17. The maximum atomic E-state index is 11.5. The molecule has 0 aliphatic carbocycles. The molecule has 0 bridgehead atoms. The Bertz CT molecular complexity index is 341. The lowest BCUT2D eigenvalue weighted by atomic mass is 9.92. The Kier molecular flexibility index (Phi) is 3.68. The van der Waals surface area contributed by atoms with Crippen LogP contribution in [0.3, 0.4) is 0 Å². The zero-order valence-electron chi connectivity index (χ0n) is 9.33. The van der Waals surface area contributed by atoms with E-state index in [2.05, 4.69) is 31.1 Å². The lowest BCUT2D eigenvalue weighted by molar-refractivity contribution is 0.0945. The molecule has 1 aromatic rings. The zero-order valence-corrected chi connectivity index (χ0v) is 10.1. The monoisotopic (exact) mass is 227 g/mol. The van der Waals surface area contributed by atoms with Gasteiger partial charge in [0, 0.05) is 11.9 Å². The van der Waals surface area contributed by atoms with Crippen molar-refractivity contribution >= 4 is 22.4 Å². The number of nitrogen functional groups attached to an aromatic ring is 1. The van der Waals surface area contributed by atoms with Gasteiger partial charge in [-0.25, -0.2) is 4.98 Å². The summed E-state index contributed by atoms with van der Waals surface area (Å²) in [5.41, 5.74) is 6.08. The number of nitrogens with one attached hydrogen (secondary N) is 1. The molecule has 1 heterocycles. The number of anilines is 1. The second kappa shape index (κ2) is 4.61. The van der Waals surface area contributed by atoms with Gasteiger partial charge in [0.15, 0.2) is 5.13 Å². The number of hydrogen-bond donors (Lipinski definition) is 2. The Balaban J connectivity index is 2.37. The van der Waals surface area contributed by atoms with Crippen LogP contribution in [-0.4, -0.2) is 17.4 Å². The third kappa shape index (κ3) is 4.29. The summed E-state index contributed by atoms with van der Waals surface area (Å²) < 4.78 is 0. The lowest BCUT2D eigenvalue weighted by Crippen LogP contribution is -2.27. The highest BCUT2D eigenvalue weighted by Gasteiger charge is 2.12. The van der Waals surface area contributed by atoms with Gasteiger partial charge < -0.3 is 11.1 Å². The molecule has 1 amide bonds. The maximum absolute atomic E-state index is 11.5. The van der Waals surface area contributed by atoms with Crippen molar-refractivity contribution in [1.82, 2.24) is 10.3 Å². The van der Waals surface area contributed by atoms with Crippen molar-refractivity contribution < 1.29 is 4.79 Å². The molecule has 84 valence electrons. The molecule has 0 saturated heterocycles. The number of thiazole rings is 1. The Morgan fingerprint density at radius 3 is 2.73 bits per heavy atom. The average Bonchev–Trinajstić information content (AvgIpc) is 2.49. The summed E-state index contributed by atoms with van der Waals surface area (Å²) in [6.07, 6.45) is 0.943. The van der Waals surface area contributed by atoms with Crippen LogP contribution in [0.1, 0.15) is 37.7 Å². The van der Waals surface area contributed by atoms with Crippen molar-refractivity contribution in [2.75, 3.05) is 12.3 Å². The number of carbonyl (C=O) groups excluding carboxylic acids is 1. The normalized spacial score (nSPS) is 11.4. The summed E-state index contributed by atoms with van der Waals surface area (Å²) in [5.74, 6) is -0.146. The molecule has 0 atom stereocenters.